The molecule has 0 radical (unpaired) electrons. The van der Waals surface area contributed by atoms with E-state index >= 15 is 0 Å². The molecule has 7 nitrogen and oxygen atoms in total. The Morgan fingerprint density at radius 3 is 2.69 bits per heavy atom. The van der Waals surface area contributed by atoms with Crippen LogP contribution in [-0.4, -0.2) is 23.0 Å². The molecule has 1 aromatic heterocycles. The number of amides is 1. The SMILES string of the molecule is COc1cccc(Nc2cc(C(=O)Nc3cccc(C#N)c3)ncn2)c1. The first-order chi connectivity index (χ1) is 12.7. The molecule has 0 unspecified atom stereocenters. The lowest BCUT2D eigenvalue weighted by atomic mass is 10.2. The average Bonchev–Trinajstić information content (AvgIpc) is 2.68. The van der Waals surface area contributed by atoms with E-state index in [1.54, 1.807) is 37.4 Å². The van der Waals surface area contributed by atoms with Gasteiger partial charge in [-0.25, -0.2) is 9.97 Å². The molecule has 0 atom stereocenters. The zero-order valence-electron chi connectivity index (χ0n) is 13.9. The van der Waals surface area contributed by atoms with Gasteiger partial charge in [-0.1, -0.05) is 12.1 Å². The van der Waals surface area contributed by atoms with Gasteiger partial charge in [0, 0.05) is 23.5 Å². The highest BCUT2D eigenvalue weighted by Crippen LogP contribution is 2.20. The topological polar surface area (TPSA) is 99.9 Å². The Labute approximate surface area is 150 Å². The van der Waals surface area contributed by atoms with Crippen LogP contribution in [0.4, 0.5) is 17.2 Å². The van der Waals surface area contributed by atoms with Crippen LogP contribution in [0.5, 0.6) is 5.75 Å². The van der Waals surface area contributed by atoms with Gasteiger partial charge >= 0.3 is 0 Å². The molecule has 1 amide bonds. The normalized spacial score (nSPS) is 9.85. The summed E-state index contributed by atoms with van der Waals surface area (Å²) in [6.07, 6.45) is 1.31. The highest BCUT2D eigenvalue weighted by atomic mass is 16.5. The van der Waals surface area contributed by atoms with E-state index in [1.807, 2.05) is 30.3 Å². The second-order valence-electron chi connectivity index (χ2n) is 5.29. The zero-order valence-corrected chi connectivity index (χ0v) is 13.9. The van der Waals surface area contributed by atoms with Crippen molar-refractivity contribution in [1.29, 1.82) is 5.26 Å². The van der Waals surface area contributed by atoms with Crippen LogP contribution in [0.25, 0.3) is 0 Å². The number of rotatable bonds is 5. The maximum absolute atomic E-state index is 12.4. The number of nitrogens with one attached hydrogen (secondary N) is 2. The largest absolute Gasteiger partial charge is 0.497 e. The minimum absolute atomic E-state index is 0.202. The Bertz CT molecular complexity index is 981. The fraction of sp³-hybridized carbons (Fsp3) is 0.0526. The highest BCUT2D eigenvalue weighted by molar-refractivity contribution is 6.03. The summed E-state index contributed by atoms with van der Waals surface area (Å²) in [7, 11) is 1.59. The van der Waals surface area contributed by atoms with E-state index in [2.05, 4.69) is 20.6 Å². The second-order valence-corrected chi connectivity index (χ2v) is 5.29. The molecule has 26 heavy (non-hydrogen) atoms. The number of benzene rings is 2. The Morgan fingerprint density at radius 2 is 1.88 bits per heavy atom. The molecule has 0 aliphatic heterocycles. The lowest BCUT2D eigenvalue weighted by Gasteiger charge is -2.09. The molecule has 3 rings (SSSR count). The van der Waals surface area contributed by atoms with E-state index in [0.717, 1.165) is 5.69 Å². The molecule has 2 aromatic carbocycles. The van der Waals surface area contributed by atoms with Crippen molar-refractivity contribution in [2.24, 2.45) is 0 Å². The molecule has 0 aliphatic carbocycles. The molecule has 0 spiro atoms. The maximum atomic E-state index is 12.4. The number of carbonyl (C=O) groups is 1. The Hall–Kier alpha value is -3.92. The number of nitrogens with zero attached hydrogens (tertiary/aromatic N) is 3. The second kappa shape index (κ2) is 7.77. The van der Waals surface area contributed by atoms with Crippen LogP contribution in [0.1, 0.15) is 16.1 Å². The monoisotopic (exact) mass is 345 g/mol. The van der Waals surface area contributed by atoms with Gasteiger partial charge in [0.1, 0.15) is 23.6 Å². The summed E-state index contributed by atoms with van der Waals surface area (Å²) in [5.74, 6) is 0.791. The van der Waals surface area contributed by atoms with Gasteiger partial charge in [0.05, 0.1) is 18.7 Å². The summed E-state index contributed by atoms with van der Waals surface area (Å²) < 4.78 is 5.18. The zero-order chi connectivity index (χ0) is 18.4. The number of aromatic nitrogens is 2. The van der Waals surface area contributed by atoms with Crippen molar-refractivity contribution in [3.63, 3.8) is 0 Å². The molecule has 0 bridgehead atoms. The van der Waals surface area contributed by atoms with Crippen molar-refractivity contribution in [3.8, 4) is 11.8 Å². The molecule has 2 N–H and O–H groups in total. The predicted octanol–water partition coefficient (Wildman–Crippen LogP) is 3.35. The Morgan fingerprint density at radius 1 is 1.08 bits per heavy atom. The molecule has 0 aliphatic rings. The lowest BCUT2D eigenvalue weighted by molar-refractivity contribution is 0.102. The van der Waals surface area contributed by atoms with Crippen LogP contribution < -0.4 is 15.4 Å². The van der Waals surface area contributed by atoms with Gasteiger partial charge in [-0.15, -0.1) is 0 Å². The molecule has 0 fully saturated rings. The summed E-state index contributed by atoms with van der Waals surface area (Å²) >= 11 is 0. The first-order valence-electron chi connectivity index (χ1n) is 7.72. The van der Waals surface area contributed by atoms with E-state index in [0.29, 0.717) is 22.8 Å². The Balaban J connectivity index is 1.75. The first-order valence-corrected chi connectivity index (χ1v) is 7.72. The van der Waals surface area contributed by atoms with Gasteiger partial charge in [0.25, 0.3) is 5.91 Å². The molecule has 1 heterocycles. The van der Waals surface area contributed by atoms with E-state index in [1.165, 1.54) is 6.33 Å². The minimum atomic E-state index is -0.392. The smallest absolute Gasteiger partial charge is 0.274 e. The fourth-order valence-corrected chi connectivity index (χ4v) is 2.26. The van der Waals surface area contributed by atoms with Crippen molar-refractivity contribution >= 4 is 23.1 Å². The Kier molecular flexibility index (Phi) is 5.05. The van der Waals surface area contributed by atoms with Gasteiger partial charge in [-0.2, -0.15) is 5.26 Å². The van der Waals surface area contributed by atoms with Gasteiger partial charge in [0.15, 0.2) is 0 Å². The van der Waals surface area contributed by atoms with Crippen LogP contribution in [0.15, 0.2) is 60.9 Å². The van der Waals surface area contributed by atoms with Gasteiger partial charge in [-0.3, -0.25) is 4.79 Å². The third kappa shape index (κ3) is 4.13. The van der Waals surface area contributed by atoms with E-state index < -0.39 is 5.91 Å². The summed E-state index contributed by atoms with van der Waals surface area (Å²) in [6.45, 7) is 0. The summed E-state index contributed by atoms with van der Waals surface area (Å²) in [4.78, 5) is 20.5. The van der Waals surface area contributed by atoms with Crippen LogP contribution >= 0.6 is 0 Å². The van der Waals surface area contributed by atoms with E-state index in [-0.39, 0.29) is 5.69 Å². The number of anilines is 3. The van der Waals surface area contributed by atoms with Gasteiger partial charge < -0.3 is 15.4 Å². The molecule has 3 aromatic rings. The summed E-state index contributed by atoms with van der Waals surface area (Å²) in [5, 5.41) is 14.7. The van der Waals surface area contributed by atoms with Gasteiger partial charge in [-0.05, 0) is 30.3 Å². The average molecular weight is 345 g/mol. The molecule has 0 saturated carbocycles. The molecular weight excluding hydrogens is 330 g/mol. The van der Waals surface area contributed by atoms with Crippen LogP contribution in [0, 0.1) is 11.3 Å². The van der Waals surface area contributed by atoms with E-state index in [9.17, 15) is 4.79 Å². The fourth-order valence-electron chi connectivity index (χ4n) is 2.26. The van der Waals surface area contributed by atoms with Crippen LogP contribution in [0.3, 0.4) is 0 Å². The number of nitriles is 1. The molecular formula is C19H15N5O2. The van der Waals surface area contributed by atoms with Crippen molar-refractivity contribution in [2.75, 3.05) is 17.7 Å². The van der Waals surface area contributed by atoms with Crippen molar-refractivity contribution in [2.45, 2.75) is 0 Å². The summed E-state index contributed by atoms with van der Waals surface area (Å²) in [6, 6.07) is 17.6. The standard InChI is InChI=1S/C19H15N5O2/c1-26-16-7-3-6-15(9-16)23-18-10-17(21-12-22-18)19(25)24-14-5-2-4-13(8-14)11-20/h2-10,12H,1H3,(H,24,25)(H,21,22,23). The first kappa shape index (κ1) is 16.9. The molecule has 128 valence electrons. The maximum Gasteiger partial charge on any atom is 0.274 e. The van der Waals surface area contributed by atoms with Crippen LogP contribution in [0.2, 0.25) is 0 Å². The predicted molar refractivity (Wildman–Crippen MR) is 97.4 cm³/mol. The lowest BCUT2D eigenvalue weighted by Crippen LogP contribution is -2.14. The number of carbonyl (C=O) groups excluding carboxylic acids is 1. The third-order valence-electron chi connectivity index (χ3n) is 3.49. The number of hydrogen-bond acceptors (Lipinski definition) is 6. The number of hydrogen-bond donors (Lipinski definition) is 2. The highest BCUT2D eigenvalue weighted by Gasteiger charge is 2.10. The summed E-state index contributed by atoms with van der Waals surface area (Å²) in [5.41, 5.74) is 1.96. The number of ether oxygens (including phenoxy) is 1. The number of methoxy groups -OCH3 is 1. The minimum Gasteiger partial charge on any atom is -0.497 e. The van der Waals surface area contributed by atoms with Gasteiger partial charge in [0.2, 0.25) is 0 Å². The van der Waals surface area contributed by atoms with Crippen molar-refractivity contribution in [3.05, 3.63) is 72.2 Å². The molecule has 0 saturated heterocycles. The van der Waals surface area contributed by atoms with Crippen molar-refractivity contribution < 1.29 is 9.53 Å². The van der Waals surface area contributed by atoms with Crippen LogP contribution in [-0.2, 0) is 0 Å². The van der Waals surface area contributed by atoms with E-state index in [4.69, 9.17) is 10.00 Å². The third-order valence-corrected chi connectivity index (χ3v) is 3.49. The molecule has 7 heteroatoms. The van der Waals surface area contributed by atoms with Crippen molar-refractivity contribution in [1.82, 2.24) is 9.97 Å². The quantitative estimate of drug-likeness (QED) is 0.735.